The van der Waals surface area contributed by atoms with E-state index < -0.39 is 36.0 Å². The van der Waals surface area contributed by atoms with Crippen molar-refractivity contribution in [2.75, 3.05) is 0 Å². The molecule has 1 atom stereocenters. The molecule has 1 unspecified atom stereocenters. The number of carbonyl (C=O) groups excluding carboxylic acids is 2. The van der Waals surface area contributed by atoms with Crippen LogP contribution >= 0.6 is 0 Å². The molecule has 0 aromatic rings. The second-order valence-corrected chi connectivity index (χ2v) is 5.58. The zero-order valence-electron chi connectivity index (χ0n) is 11.4. The number of nitrogens with one attached hydrogen (secondary N) is 2. The van der Waals surface area contributed by atoms with Gasteiger partial charge in [0.05, 0.1) is 6.42 Å². The zero-order valence-corrected chi connectivity index (χ0v) is 11.4. The average Bonchev–Trinajstić information content (AvgIpc) is 2.96. The fourth-order valence-corrected chi connectivity index (χ4v) is 1.36. The van der Waals surface area contributed by atoms with Gasteiger partial charge in [0.25, 0.3) is 0 Å². The van der Waals surface area contributed by atoms with E-state index >= 15 is 0 Å². The number of alkyl carbamates (subject to hydrolysis) is 1. The van der Waals surface area contributed by atoms with E-state index in [1.165, 1.54) is 0 Å². The van der Waals surface area contributed by atoms with Crippen molar-refractivity contribution < 1.29 is 24.2 Å². The highest BCUT2D eigenvalue weighted by Gasteiger charge is 2.30. The van der Waals surface area contributed by atoms with Crippen molar-refractivity contribution >= 4 is 18.0 Å². The first kappa shape index (κ1) is 15.3. The lowest BCUT2D eigenvalue weighted by Gasteiger charge is -2.22. The molecule has 1 aliphatic rings. The quantitative estimate of drug-likeness (QED) is 0.681. The molecule has 1 saturated carbocycles. The van der Waals surface area contributed by atoms with Crippen LogP contribution in [0.15, 0.2) is 0 Å². The van der Waals surface area contributed by atoms with Crippen LogP contribution in [-0.4, -0.2) is 40.8 Å². The minimum Gasteiger partial charge on any atom is -0.481 e. The normalized spacial score (nSPS) is 16.4. The predicted octanol–water partition coefficient (Wildman–Crippen LogP) is 0.633. The number of rotatable bonds is 5. The number of ether oxygens (including phenoxy) is 1. The molecule has 1 aliphatic carbocycles. The molecule has 0 aromatic heterocycles. The number of carbonyl (C=O) groups is 3. The number of amides is 2. The molecule has 0 saturated heterocycles. The first-order chi connectivity index (χ1) is 8.67. The number of carboxylic acids is 1. The number of aliphatic carboxylic acids is 1. The summed E-state index contributed by atoms with van der Waals surface area (Å²) in [5, 5.41) is 13.7. The fourth-order valence-electron chi connectivity index (χ4n) is 1.36. The number of hydrogen-bond donors (Lipinski definition) is 3. The largest absolute Gasteiger partial charge is 0.481 e. The van der Waals surface area contributed by atoms with Gasteiger partial charge < -0.3 is 20.5 Å². The molecule has 1 rings (SSSR count). The lowest BCUT2D eigenvalue weighted by molar-refractivity contribution is -0.139. The Labute approximate surface area is 111 Å². The van der Waals surface area contributed by atoms with E-state index in [9.17, 15) is 14.4 Å². The molecule has 7 nitrogen and oxygen atoms in total. The first-order valence-electron chi connectivity index (χ1n) is 6.19. The van der Waals surface area contributed by atoms with E-state index in [1.807, 2.05) is 0 Å². The fraction of sp³-hybridized carbons (Fsp3) is 0.750. The molecule has 0 heterocycles. The van der Waals surface area contributed by atoms with Crippen molar-refractivity contribution in [2.45, 2.75) is 57.7 Å². The molecule has 0 aromatic carbocycles. The molecular weight excluding hydrogens is 252 g/mol. The predicted molar refractivity (Wildman–Crippen MR) is 66.6 cm³/mol. The van der Waals surface area contributed by atoms with Crippen molar-refractivity contribution in [1.29, 1.82) is 0 Å². The van der Waals surface area contributed by atoms with Gasteiger partial charge in [-0.3, -0.25) is 9.59 Å². The summed E-state index contributed by atoms with van der Waals surface area (Å²) in [5.41, 5.74) is -0.704. The minimum absolute atomic E-state index is 0.101. The van der Waals surface area contributed by atoms with E-state index in [0.717, 1.165) is 12.8 Å². The van der Waals surface area contributed by atoms with Crippen molar-refractivity contribution in [3.05, 3.63) is 0 Å². The molecular formula is C12H20N2O5. The lowest BCUT2D eigenvalue weighted by atomic mass is 10.2. The van der Waals surface area contributed by atoms with Crippen LogP contribution in [0.25, 0.3) is 0 Å². The van der Waals surface area contributed by atoms with E-state index in [-0.39, 0.29) is 6.04 Å². The molecule has 1 fully saturated rings. The van der Waals surface area contributed by atoms with Crippen LogP contribution in [0.4, 0.5) is 4.79 Å². The van der Waals surface area contributed by atoms with Crippen molar-refractivity contribution in [2.24, 2.45) is 0 Å². The zero-order chi connectivity index (χ0) is 14.6. The van der Waals surface area contributed by atoms with Gasteiger partial charge in [-0.2, -0.15) is 0 Å². The van der Waals surface area contributed by atoms with Gasteiger partial charge in [0.15, 0.2) is 0 Å². The van der Waals surface area contributed by atoms with Crippen molar-refractivity contribution in [1.82, 2.24) is 10.6 Å². The van der Waals surface area contributed by atoms with E-state index in [4.69, 9.17) is 9.84 Å². The summed E-state index contributed by atoms with van der Waals surface area (Å²) in [6.45, 7) is 5.05. The van der Waals surface area contributed by atoms with Gasteiger partial charge in [-0.15, -0.1) is 0 Å². The van der Waals surface area contributed by atoms with Gasteiger partial charge in [-0.25, -0.2) is 4.79 Å². The third-order valence-electron chi connectivity index (χ3n) is 2.31. The Morgan fingerprint density at radius 1 is 1.32 bits per heavy atom. The molecule has 2 amide bonds. The molecule has 108 valence electrons. The Hall–Kier alpha value is -1.79. The monoisotopic (exact) mass is 272 g/mol. The van der Waals surface area contributed by atoms with Crippen LogP contribution in [0.3, 0.4) is 0 Å². The van der Waals surface area contributed by atoms with Crippen molar-refractivity contribution in [3.63, 3.8) is 0 Å². The highest BCUT2D eigenvalue weighted by atomic mass is 16.6. The molecule has 3 N–H and O–H groups in total. The summed E-state index contributed by atoms with van der Waals surface area (Å²) in [6, 6.07) is -1.02. The van der Waals surface area contributed by atoms with Gasteiger partial charge in [0, 0.05) is 6.04 Å². The van der Waals surface area contributed by atoms with Crippen LogP contribution < -0.4 is 10.6 Å². The molecule has 0 spiro atoms. The van der Waals surface area contributed by atoms with Gasteiger partial charge in [-0.1, -0.05) is 0 Å². The Bertz CT molecular complexity index is 371. The minimum atomic E-state index is -1.16. The molecule has 19 heavy (non-hydrogen) atoms. The third kappa shape index (κ3) is 6.64. The van der Waals surface area contributed by atoms with Gasteiger partial charge in [0.1, 0.15) is 11.6 Å². The SMILES string of the molecule is CC(C)(C)OC(=O)NC(CC(=O)O)C(=O)NC1CC1. The Kier molecular flexibility index (Phi) is 4.74. The number of carboxylic acid groups (broad SMARTS) is 1. The van der Waals surface area contributed by atoms with Crippen LogP contribution in [0, 0.1) is 0 Å². The van der Waals surface area contributed by atoms with Crippen LogP contribution in [0.5, 0.6) is 0 Å². The lowest BCUT2D eigenvalue weighted by Crippen LogP contribution is -2.49. The van der Waals surface area contributed by atoms with Gasteiger partial charge >= 0.3 is 12.1 Å². The first-order valence-corrected chi connectivity index (χ1v) is 6.19. The number of hydrogen-bond acceptors (Lipinski definition) is 4. The maximum absolute atomic E-state index is 11.8. The second-order valence-electron chi connectivity index (χ2n) is 5.58. The van der Waals surface area contributed by atoms with Crippen molar-refractivity contribution in [3.8, 4) is 0 Å². The van der Waals surface area contributed by atoms with Crippen LogP contribution in [-0.2, 0) is 14.3 Å². The van der Waals surface area contributed by atoms with E-state index in [1.54, 1.807) is 20.8 Å². The maximum atomic E-state index is 11.8. The highest BCUT2D eigenvalue weighted by molar-refractivity contribution is 5.89. The Balaban J connectivity index is 2.54. The van der Waals surface area contributed by atoms with E-state index in [2.05, 4.69) is 10.6 Å². The summed E-state index contributed by atoms with van der Waals surface area (Å²) < 4.78 is 5.00. The Morgan fingerprint density at radius 3 is 2.32 bits per heavy atom. The summed E-state index contributed by atoms with van der Waals surface area (Å²) in [7, 11) is 0. The third-order valence-corrected chi connectivity index (χ3v) is 2.31. The van der Waals surface area contributed by atoms with Crippen LogP contribution in [0.1, 0.15) is 40.0 Å². The van der Waals surface area contributed by atoms with Gasteiger partial charge in [0.2, 0.25) is 5.91 Å². The molecule has 0 bridgehead atoms. The summed E-state index contributed by atoms with van der Waals surface area (Å²) in [6.07, 6.45) is 0.498. The summed E-state index contributed by atoms with van der Waals surface area (Å²) in [4.78, 5) is 34.0. The summed E-state index contributed by atoms with van der Waals surface area (Å²) in [5.74, 6) is -1.65. The van der Waals surface area contributed by atoms with Crippen LogP contribution in [0.2, 0.25) is 0 Å². The molecule has 0 radical (unpaired) electrons. The Morgan fingerprint density at radius 2 is 1.89 bits per heavy atom. The average molecular weight is 272 g/mol. The molecule has 0 aliphatic heterocycles. The van der Waals surface area contributed by atoms with Gasteiger partial charge in [-0.05, 0) is 33.6 Å². The maximum Gasteiger partial charge on any atom is 0.408 e. The summed E-state index contributed by atoms with van der Waals surface area (Å²) >= 11 is 0. The molecule has 7 heteroatoms. The smallest absolute Gasteiger partial charge is 0.408 e. The highest BCUT2D eigenvalue weighted by Crippen LogP contribution is 2.18. The standard InChI is InChI=1S/C12H20N2O5/c1-12(2,3)19-11(18)14-8(6-9(15)16)10(17)13-7-4-5-7/h7-8H,4-6H2,1-3H3,(H,13,17)(H,14,18)(H,15,16). The topological polar surface area (TPSA) is 105 Å². The van der Waals surface area contributed by atoms with E-state index in [0.29, 0.717) is 0 Å². The second kappa shape index (κ2) is 5.90.